The van der Waals surface area contributed by atoms with E-state index < -0.39 is 0 Å². The molecule has 0 N–H and O–H groups in total. The highest BCUT2D eigenvalue weighted by atomic mass is 16.7. The van der Waals surface area contributed by atoms with Gasteiger partial charge >= 0.3 is 0 Å². The molecule has 1 heterocycles. The first-order valence-electron chi connectivity index (χ1n) is 9.58. The maximum atomic E-state index is 8.91. The van der Waals surface area contributed by atoms with Crippen molar-refractivity contribution in [1.82, 2.24) is 0 Å². The maximum Gasteiger partial charge on any atom is 0.199 e. The van der Waals surface area contributed by atoms with Crippen LogP contribution in [0.25, 0.3) is 11.1 Å². The van der Waals surface area contributed by atoms with Gasteiger partial charge in [0, 0.05) is 11.8 Å². The Morgan fingerprint density at radius 3 is 2.22 bits per heavy atom. The van der Waals surface area contributed by atoms with Crippen molar-refractivity contribution in [1.29, 1.82) is 5.26 Å². The molecule has 0 aromatic heterocycles. The highest BCUT2D eigenvalue weighted by molar-refractivity contribution is 5.64. The van der Waals surface area contributed by atoms with Crippen LogP contribution in [-0.4, -0.2) is 26.1 Å². The SMILES string of the molecule is CCCCC(OCC1(C)COC1)Oc1ccc(-c2ccc(C#N)cc2)cc1. The Labute approximate surface area is 161 Å². The molecule has 4 heteroatoms. The van der Waals surface area contributed by atoms with E-state index >= 15 is 0 Å². The average molecular weight is 365 g/mol. The number of benzene rings is 2. The van der Waals surface area contributed by atoms with Gasteiger partial charge in [-0.25, -0.2) is 0 Å². The normalized spacial score (nSPS) is 16.2. The van der Waals surface area contributed by atoms with Crippen molar-refractivity contribution < 1.29 is 14.2 Å². The van der Waals surface area contributed by atoms with Crippen LogP contribution < -0.4 is 4.74 Å². The lowest BCUT2D eigenvalue weighted by Gasteiger charge is -2.38. The molecule has 0 amide bonds. The van der Waals surface area contributed by atoms with E-state index in [1.54, 1.807) is 0 Å². The zero-order valence-electron chi connectivity index (χ0n) is 16.1. The second-order valence-corrected chi connectivity index (χ2v) is 7.52. The van der Waals surface area contributed by atoms with E-state index in [2.05, 4.69) is 19.9 Å². The Morgan fingerprint density at radius 2 is 1.70 bits per heavy atom. The molecular weight excluding hydrogens is 338 g/mol. The highest BCUT2D eigenvalue weighted by Gasteiger charge is 2.34. The molecule has 1 aliphatic heterocycles. The van der Waals surface area contributed by atoms with Crippen molar-refractivity contribution in [3.63, 3.8) is 0 Å². The van der Waals surface area contributed by atoms with Crippen molar-refractivity contribution in [3.8, 4) is 22.9 Å². The molecule has 2 aromatic carbocycles. The van der Waals surface area contributed by atoms with Gasteiger partial charge in [0.1, 0.15) is 5.75 Å². The predicted octanol–water partition coefficient (Wildman–Crippen LogP) is 5.17. The fraction of sp³-hybridized carbons (Fsp3) is 0.435. The topological polar surface area (TPSA) is 51.5 Å². The number of unbranched alkanes of at least 4 members (excludes halogenated alkanes) is 1. The Bertz CT molecular complexity index is 758. The molecular formula is C23H27NO3. The lowest BCUT2D eigenvalue weighted by atomic mass is 9.90. The van der Waals surface area contributed by atoms with E-state index in [1.807, 2.05) is 48.5 Å². The summed E-state index contributed by atoms with van der Waals surface area (Å²) >= 11 is 0. The van der Waals surface area contributed by atoms with Gasteiger partial charge in [-0.1, -0.05) is 44.5 Å². The number of rotatable bonds is 9. The van der Waals surface area contributed by atoms with E-state index in [4.69, 9.17) is 19.5 Å². The first kappa shape index (κ1) is 19.4. The summed E-state index contributed by atoms with van der Waals surface area (Å²) in [7, 11) is 0. The molecule has 0 saturated carbocycles. The van der Waals surface area contributed by atoms with Gasteiger partial charge in [-0.3, -0.25) is 0 Å². The first-order valence-corrected chi connectivity index (χ1v) is 9.58. The van der Waals surface area contributed by atoms with Crippen LogP contribution in [-0.2, 0) is 9.47 Å². The smallest absolute Gasteiger partial charge is 0.199 e. The number of nitriles is 1. The number of hydrogen-bond acceptors (Lipinski definition) is 4. The molecule has 0 aliphatic carbocycles. The van der Waals surface area contributed by atoms with Gasteiger partial charge in [-0.05, 0) is 41.8 Å². The summed E-state index contributed by atoms with van der Waals surface area (Å²) < 4.78 is 17.5. The summed E-state index contributed by atoms with van der Waals surface area (Å²) in [5.41, 5.74) is 2.96. The highest BCUT2D eigenvalue weighted by Crippen LogP contribution is 2.28. The zero-order chi connectivity index (χ0) is 19.1. The zero-order valence-corrected chi connectivity index (χ0v) is 16.1. The molecule has 0 spiro atoms. The van der Waals surface area contributed by atoms with E-state index in [9.17, 15) is 0 Å². The summed E-state index contributed by atoms with van der Waals surface area (Å²) in [6.45, 7) is 6.52. The van der Waals surface area contributed by atoms with Crippen molar-refractivity contribution >= 4 is 0 Å². The average Bonchev–Trinajstić information content (AvgIpc) is 2.69. The lowest BCUT2D eigenvalue weighted by molar-refractivity contribution is -0.179. The van der Waals surface area contributed by atoms with E-state index in [1.165, 1.54) is 0 Å². The van der Waals surface area contributed by atoms with Gasteiger partial charge in [0.25, 0.3) is 0 Å². The van der Waals surface area contributed by atoms with Crippen LogP contribution in [0.2, 0.25) is 0 Å². The summed E-state index contributed by atoms with van der Waals surface area (Å²) in [4.78, 5) is 0. The largest absolute Gasteiger partial charge is 0.465 e. The molecule has 3 rings (SSSR count). The molecule has 1 atom stereocenters. The predicted molar refractivity (Wildman–Crippen MR) is 105 cm³/mol. The second-order valence-electron chi connectivity index (χ2n) is 7.52. The molecule has 142 valence electrons. The van der Waals surface area contributed by atoms with Crippen molar-refractivity contribution in [3.05, 3.63) is 54.1 Å². The van der Waals surface area contributed by atoms with Gasteiger partial charge in [-0.2, -0.15) is 5.26 Å². The summed E-state index contributed by atoms with van der Waals surface area (Å²) in [6, 6.07) is 17.8. The van der Waals surface area contributed by atoms with E-state index in [0.29, 0.717) is 12.2 Å². The second kappa shape index (κ2) is 9.03. The van der Waals surface area contributed by atoms with Crippen molar-refractivity contribution in [2.75, 3.05) is 19.8 Å². The third-order valence-corrected chi connectivity index (χ3v) is 4.78. The summed E-state index contributed by atoms with van der Waals surface area (Å²) in [5, 5.41) is 8.91. The lowest BCUT2D eigenvalue weighted by Crippen LogP contribution is -2.44. The van der Waals surface area contributed by atoms with Crippen LogP contribution in [0.5, 0.6) is 5.75 Å². The number of hydrogen-bond donors (Lipinski definition) is 0. The minimum Gasteiger partial charge on any atom is -0.465 e. The third-order valence-electron chi connectivity index (χ3n) is 4.78. The molecule has 1 fully saturated rings. The van der Waals surface area contributed by atoms with E-state index in [0.717, 1.165) is 49.4 Å². The quantitative estimate of drug-likeness (QED) is 0.575. The molecule has 2 aromatic rings. The standard InChI is InChI=1S/C23H27NO3/c1-3-4-5-22(26-17-23(2)15-25-16-23)27-21-12-10-20(11-13-21)19-8-6-18(14-24)7-9-19/h6-13,22H,3-5,15-17H2,1-2H3. The first-order chi connectivity index (χ1) is 13.1. The van der Waals surface area contributed by atoms with Gasteiger partial charge in [-0.15, -0.1) is 0 Å². The number of ether oxygens (including phenoxy) is 3. The summed E-state index contributed by atoms with van der Waals surface area (Å²) in [5.74, 6) is 0.809. The Balaban J connectivity index is 1.61. The molecule has 0 bridgehead atoms. The fourth-order valence-corrected chi connectivity index (χ4v) is 2.99. The van der Waals surface area contributed by atoms with Gasteiger partial charge < -0.3 is 14.2 Å². The minimum absolute atomic E-state index is 0.118. The number of nitrogens with zero attached hydrogens (tertiary/aromatic N) is 1. The molecule has 4 nitrogen and oxygen atoms in total. The molecule has 27 heavy (non-hydrogen) atoms. The molecule has 1 saturated heterocycles. The Morgan fingerprint density at radius 1 is 1.07 bits per heavy atom. The molecule has 1 aliphatic rings. The monoisotopic (exact) mass is 365 g/mol. The van der Waals surface area contributed by atoms with E-state index in [-0.39, 0.29) is 11.7 Å². The van der Waals surface area contributed by atoms with Crippen molar-refractivity contribution in [2.45, 2.75) is 39.4 Å². The van der Waals surface area contributed by atoms with Crippen LogP contribution in [0, 0.1) is 16.7 Å². The maximum absolute atomic E-state index is 8.91. The van der Waals surface area contributed by atoms with Crippen LogP contribution in [0.15, 0.2) is 48.5 Å². The molecule has 0 radical (unpaired) electrons. The van der Waals surface area contributed by atoms with Gasteiger partial charge in [0.15, 0.2) is 6.29 Å². The van der Waals surface area contributed by atoms with Gasteiger partial charge in [0.2, 0.25) is 0 Å². The summed E-state index contributed by atoms with van der Waals surface area (Å²) in [6.07, 6.45) is 2.83. The Hall–Kier alpha value is -2.35. The third kappa shape index (κ3) is 5.32. The van der Waals surface area contributed by atoms with Gasteiger partial charge in [0.05, 0.1) is 31.5 Å². The minimum atomic E-state index is -0.233. The van der Waals surface area contributed by atoms with Crippen LogP contribution >= 0.6 is 0 Å². The van der Waals surface area contributed by atoms with Crippen molar-refractivity contribution in [2.24, 2.45) is 5.41 Å². The van der Waals surface area contributed by atoms with Crippen LogP contribution in [0.3, 0.4) is 0 Å². The fourth-order valence-electron chi connectivity index (χ4n) is 2.99. The Kier molecular flexibility index (Phi) is 6.49. The molecule has 1 unspecified atom stereocenters. The van der Waals surface area contributed by atoms with Crippen LogP contribution in [0.4, 0.5) is 0 Å². The van der Waals surface area contributed by atoms with Crippen LogP contribution in [0.1, 0.15) is 38.7 Å².